The van der Waals surface area contributed by atoms with E-state index in [1.165, 1.54) is 30.4 Å². The highest BCUT2D eigenvalue weighted by Gasteiger charge is 2.62. The Bertz CT molecular complexity index is 371. The van der Waals surface area contributed by atoms with Crippen LogP contribution >= 0.6 is 0 Å². The standard InChI is InChI=1S/C13H17N/c1-9-4-2-3-5-11(9)13-8-10(13)6-7-12(13)14/h2-5,10,12H,6-8,14H2,1H3. The minimum Gasteiger partial charge on any atom is -0.327 e. The van der Waals surface area contributed by atoms with Gasteiger partial charge in [-0.15, -0.1) is 0 Å². The van der Waals surface area contributed by atoms with Crippen molar-refractivity contribution < 1.29 is 0 Å². The molecule has 14 heavy (non-hydrogen) atoms. The van der Waals surface area contributed by atoms with E-state index in [1.54, 1.807) is 0 Å². The van der Waals surface area contributed by atoms with Crippen molar-refractivity contribution in [1.29, 1.82) is 0 Å². The molecule has 2 aliphatic rings. The number of hydrogen-bond acceptors (Lipinski definition) is 1. The third kappa shape index (κ3) is 0.885. The second-order valence-electron chi connectivity index (χ2n) is 4.94. The quantitative estimate of drug-likeness (QED) is 0.717. The molecule has 0 heterocycles. The summed E-state index contributed by atoms with van der Waals surface area (Å²) in [5.74, 6) is 0.888. The van der Waals surface area contributed by atoms with E-state index in [1.807, 2.05) is 0 Å². The van der Waals surface area contributed by atoms with Crippen molar-refractivity contribution in [3.05, 3.63) is 35.4 Å². The molecule has 0 saturated heterocycles. The largest absolute Gasteiger partial charge is 0.327 e. The lowest BCUT2D eigenvalue weighted by Gasteiger charge is -2.21. The van der Waals surface area contributed by atoms with Crippen LogP contribution < -0.4 is 5.73 Å². The summed E-state index contributed by atoms with van der Waals surface area (Å²) >= 11 is 0. The van der Waals surface area contributed by atoms with Crippen molar-refractivity contribution in [3.8, 4) is 0 Å². The monoisotopic (exact) mass is 187 g/mol. The SMILES string of the molecule is Cc1ccccc1C12CC1CCC2N. The number of hydrogen-bond donors (Lipinski definition) is 1. The van der Waals surface area contributed by atoms with Crippen molar-refractivity contribution >= 4 is 0 Å². The number of aryl methyl sites for hydroxylation is 1. The van der Waals surface area contributed by atoms with Gasteiger partial charge in [0.05, 0.1) is 0 Å². The zero-order valence-electron chi connectivity index (χ0n) is 8.66. The summed E-state index contributed by atoms with van der Waals surface area (Å²) in [5, 5.41) is 0. The van der Waals surface area contributed by atoms with Crippen molar-refractivity contribution in [2.45, 2.75) is 37.6 Å². The molecule has 0 aliphatic heterocycles. The lowest BCUT2D eigenvalue weighted by molar-refractivity contribution is 0.542. The number of nitrogens with two attached hydrogens (primary N) is 1. The molecular weight excluding hydrogens is 170 g/mol. The average molecular weight is 187 g/mol. The summed E-state index contributed by atoms with van der Waals surface area (Å²) in [7, 11) is 0. The summed E-state index contributed by atoms with van der Waals surface area (Å²) in [6.07, 6.45) is 3.90. The topological polar surface area (TPSA) is 26.0 Å². The van der Waals surface area contributed by atoms with Crippen LogP contribution in [0.4, 0.5) is 0 Å². The van der Waals surface area contributed by atoms with Crippen LogP contribution in [-0.2, 0) is 5.41 Å². The third-order valence-electron chi connectivity index (χ3n) is 4.29. The maximum Gasteiger partial charge on any atom is 0.0139 e. The van der Waals surface area contributed by atoms with Crippen LogP contribution in [0.15, 0.2) is 24.3 Å². The van der Waals surface area contributed by atoms with Crippen molar-refractivity contribution in [2.75, 3.05) is 0 Å². The van der Waals surface area contributed by atoms with E-state index in [2.05, 4.69) is 31.2 Å². The van der Waals surface area contributed by atoms with Gasteiger partial charge < -0.3 is 5.73 Å². The molecule has 3 unspecified atom stereocenters. The molecule has 1 nitrogen and oxygen atoms in total. The predicted molar refractivity (Wildman–Crippen MR) is 58.2 cm³/mol. The molecule has 1 heteroatoms. The number of benzene rings is 1. The van der Waals surface area contributed by atoms with E-state index in [-0.39, 0.29) is 0 Å². The van der Waals surface area contributed by atoms with Crippen LogP contribution in [0.2, 0.25) is 0 Å². The Morgan fingerprint density at radius 1 is 1.29 bits per heavy atom. The molecule has 2 saturated carbocycles. The molecule has 0 radical (unpaired) electrons. The van der Waals surface area contributed by atoms with E-state index in [0.29, 0.717) is 11.5 Å². The molecule has 1 aromatic rings. The Balaban J connectivity index is 2.08. The average Bonchev–Trinajstić information content (AvgIpc) is 2.83. The second kappa shape index (κ2) is 2.60. The minimum absolute atomic E-state index is 0.380. The second-order valence-corrected chi connectivity index (χ2v) is 4.94. The Hall–Kier alpha value is -0.820. The van der Waals surface area contributed by atoms with Gasteiger partial charge in [-0.25, -0.2) is 0 Å². The van der Waals surface area contributed by atoms with Gasteiger partial charge >= 0.3 is 0 Å². The van der Waals surface area contributed by atoms with Gasteiger partial charge in [0.15, 0.2) is 0 Å². The van der Waals surface area contributed by atoms with Crippen molar-refractivity contribution in [2.24, 2.45) is 11.7 Å². The van der Waals surface area contributed by atoms with E-state index < -0.39 is 0 Å². The van der Waals surface area contributed by atoms with Crippen LogP contribution in [-0.4, -0.2) is 6.04 Å². The Labute approximate surface area is 85.3 Å². The molecule has 0 amide bonds. The number of rotatable bonds is 1. The van der Waals surface area contributed by atoms with E-state index in [4.69, 9.17) is 5.73 Å². The summed E-state index contributed by atoms with van der Waals surface area (Å²) < 4.78 is 0. The molecule has 2 aliphatic carbocycles. The third-order valence-corrected chi connectivity index (χ3v) is 4.29. The summed E-state index contributed by atoms with van der Waals surface area (Å²) in [4.78, 5) is 0. The summed E-state index contributed by atoms with van der Waals surface area (Å²) in [5.41, 5.74) is 9.58. The van der Waals surface area contributed by atoms with Gasteiger partial charge in [-0.1, -0.05) is 24.3 Å². The molecular formula is C13H17N. The Kier molecular flexibility index (Phi) is 1.58. The fourth-order valence-corrected chi connectivity index (χ4v) is 3.43. The number of fused-ring (bicyclic) bond motifs is 1. The first-order valence-corrected chi connectivity index (χ1v) is 5.57. The van der Waals surface area contributed by atoms with E-state index >= 15 is 0 Å². The van der Waals surface area contributed by atoms with Crippen molar-refractivity contribution in [3.63, 3.8) is 0 Å². The van der Waals surface area contributed by atoms with E-state index in [0.717, 1.165) is 5.92 Å². The first-order valence-electron chi connectivity index (χ1n) is 5.57. The van der Waals surface area contributed by atoms with Gasteiger partial charge in [-0.05, 0) is 43.2 Å². The van der Waals surface area contributed by atoms with E-state index in [9.17, 15) is 0 Å². The summed E-state index contributed by atoms with van der Waals surface area (Å²) in [6.45, 7) is 2.21. The van der Waals surface area contributed by atoms with Gasteiger partial charge in [0.1, 0.15) is 0 Å². The molecule has 0 bridgehead atoms. The molecule has 0 aromatic heterocycles. The predicted octanol–water partition coefficient (Wildman–Crippen LogP) is 2.37. The van der Waals surface area contributed by atoms with Gasteiger partial charge in [-0.3, -0.25) is 0 Å². The lowest BCUT2D eigenvalue weighted by Crippen LogP contribution is -2.32. The Morgan fingerprint density at radius 3 is 2.64 bits per heavy atom. The van der Waals surface area contributed by atoms with Crippen LogP contribution in [0.1, 0.15) is 30.4 Å². The smallest absolute Gasteiger partial charge is 0.0139 e. The molecule has 1 aromatic carbocycles. The molecule has 2 N–H and O–H groups in total. The zero-order chi connectivity index (χ0) is 9.76. The highest BCUT2D eigenvalue weighted by molar-refractivity contribution is 5.43. The molecule has 2 fully saturated rings. The van der Waals surface area contributed by atoms with Crippen LogP contribution in [0.5, 0.6) is 0 Å². The molecule has 74 valence electrons. The fourth-order valence-electron chi connectivity index (χ4n) is 3.43. The normalized spacial score (nSPS) is 39.6. The zero-order valence-corrected chi connectivity index (χ0v) is 8.66. The maximum atomic E-state index is 6.26. The highest BCUT2D eigenvalue weighted by atomic mass is 14.8. The minimum atomic E-state index is 0.380. The first-order chi connectivity index (χ1) is 6.75. The van der Waals surface area contributed by atoms with Crippen LogP contribution in [0.25, 0.3) is 0 Å². The fraction of sp³-hybridized carbons (Fsp3) is 0.538. The van der Waals surface area contributed by atoms with Gasteiger partial charge in [0.25, 0.3) is 0 Å². The van der Waals surface area contributed by atoms with Gasteiger partial charge in [0, 0.05) is 11.5 Å². The molecule has 3 rings (SSSR count). The first kappa shape index (κ1) is 8.49. The van der Waals surface area contributed by atoms with Gasteiger partial charge in [-0.2, -0.15) is 0 Å². The lowest BCUT2D eigenvalue weighted by atomic mass is 9.87. The van der Waals surface area contributed by atoms with Crippen molar-refractivity contribution in [1.82, 2.24) is 0 Å². The molecule has 3 atom stereocenters. The molecule has 0 spiro atoms. The van der Waals surface area contributed by atoms with Gasteiger partial charge in [0.2, 0.25) is 0 Å². The highest BCUT2D eigenvalue weighted by Crippen LogP contribution is 2.64. The summed E-state index contributed by atoms with van der Waals surface area (Å²) in [6, 6.07) is 9.17. The maximum absolute atomic E-state index is 6.26. The van der Waals surface area contributed by atoms with Crippen LogP contribution in [0, 0.1) is 12.8 Å². The van der Waals surface area contributed by atoms with Crippen LogP contribution in [0.3, 0.4) is 0 Å². The Morgan fingerprint density at radius 2 is 2.07 bits per heavy atom.